The van der Waals surface area contributed by atoms with Gasteiger partial charge in [0.2, 0.25) is 0 Å². The maximum atomic E-state index is 12.1. The number of aromatic amines is 1. The molecule has 21 heavy (non-hydrogen) atoms. The minimum Gasteiger partial charge on any atom is -0.508 e. The highest BCUT2D eigenvalue weighted by Crippen LogP contribution is 2.18. The van der Waals surface area contributed by atoms with Crippen molar-refractivity contribution in [3.63, 3.8) is 0 Å². The first-order valence-electron chi connectivity index (χ1n) is 6.75. The normalized spacial score (nSPS) is 10.5. The van der Waals surface area contributed by atoms with Gasteiger partial charge in [-0.2, -0.15) is 0 Å². The molecule has 0 fully saturated rings. The van der Waals surface area contributed by atoms with Crippen LogP contribution in [0.25, 0.3) is 11.3 Å². The Balaban J connectivity index is 2.54. The van der Waals surface area contributed by atoms with Gasteiger partial charge in [-0.1, -0.05) is 13.3 Å². The summed E-state index contributed by atoms with van der Waals surface area (Å²) in [7, 11) is 0. The fourth-order valence-electron chi connectivity index (χ4n) is 2.03. The van der Waals surface area contributed by atoms with Gasteiger partial charge in [-0.25, -0.2) is 4.98 Å². The molecular weight excluding hydrogens is 270 g/mol. The van der Waals surface area contributed by atoms with Gasteiger partial charge < -0.3 is 15.8 Å². The average molecular weight is 287 g/mol. The average Bonchev–Trinajstić information content (AvgIpc) is 2.46. The number of aromatic hydroxyl groups is 1. The molecule has 0 bridgehead atoms. The zero-order valence-electron chi connectivity index (χ0n) is 11.7. The van der Waals surface area contributed by atoms with Gasteiger partial charge in [0.15, 0.2) is 0 Å². The van der Waals surface area contributed by atoms with E-state index in [4.69, 9.17) is 5.73 Å². The molecule has 0 atom stereocenters. The predicted molar refractivity (Wildman–Crippen MR) is 79.1 cm³/mol. The Morgan fingerprint density at radius 2 is 2.00 bits per heavy atom. The van der Waals surface area contributed by atoms with Crippen molar-refractivity contribution in [3.8, 4) is 17.0 Å². The van der Waals surface area contributed by atoms with Crippen molar-refractivity contribution in [2.75, 3.05) is 0 Å². The zero-order valence-corrected chi connectivity index (χ0v) is 11.7. The number of primary amides is 1. The second-order valence-electron chi connectivity index (χ2n) is 4.75. The van der Waals surface area contributed by atoms with Gasteiger partial charge in [-0.3, -0.25) is 9.59 Å². The predicted octanol–water partition coefficient (Wildman–Crippen LogP) is 1.58. The highest BCUT2D eigenvalue weighted by molar-refractivity contribution is 5.92. The van der Waals surface area contributed by atoms with E-state index in [1.54, 1.807) is 12.1 Å². The summed E-state index contributed by atoms with van der Waals surface area (Å²) in [5.41, 5.74) is 6.15. The fraction of sp³-hybridized carbons (Fsp3) is 0.267. The highest BCUT2D eigenvalue weighted by atomic mass is 16.3. The number of nitrogens with two attached hydrogens (primary N) is 1. The summed E-state index contributed by atoms with van der Waals surface area (Å²) in [4.78, 5) is 30.3. The molecule has 4 N–H and O–H groups in total. The van der Waals surface area contributed by atoms with Gasteiger partial charge in [0.1, 0.15) is 17.1 Å². The number of carbonyl (C=O) groups excluding carboxylic acids is 1. The van der Waals surface area contributed by atoms with Gasteiger partial charge in [0, 0.05) is 5.56 Å². The minimum atomic E-state index is -0.692. The van der Waals surface area contributed by atoms with Crippen LogP contribution in [-0.2, 0) is 6.42 Å². The maximum Gasteiger partial charge on any atom is 0.275 e. The summed E-state index contributed by atoms with van der Waals surface area (Å²) < 4.78 is 0. The van der Waals surface area contributed by atoms with Crippen LogP contribution in [0, 0.1) is 0 Å². The first-order valence-corrected chi connectivity index (χ1v) is 6.75. The van der Waals surface area contributed by atoms with Crippen LogP contribution in [0.2, 0.25) is 0 Å². The van der Waals surface area contributed by atoms with Crippen molar-refractivity contribution in [2.45, 2.75) is 26.2 Å². The van der Waals surface area contributed by atoms with E-state index in [9.17, 15) is 14.7 Å². The van der Waals surface area contributed by atoms with Crippen LogP contribution in [0.15, 0.2) is 29.1 Å². The Bertz CT molecular complexity index is 705. The molecule has 0 spiro atoms. The van der Waals surface area contributed by atoms with E-state index in [1.807, 2.05) is 6.92 Å². The zero-order chi connectivity index (χ0) is 15.4. The smallest absolute Gasteiger partial charge is 0.275 e. The van der Waals surface area contributed by atoms with Gasteiger partial charge in [0.05, 0.1) is 5.69 Å². The van der Waals surface area contributed by atoms with E-state index in [2.05, 4.69) is 9.97 Å². The van der Waals surface area contributed by atoms with Crippen LogP contribution in [0.1, 0.15) is 35.9 Å². The van der Waals surface area contributed by atoms with Gasteiger partial charge in [-0.05, 0) is 37.1 Å². The summed E-state index contributed by atoms with van der Waals surface area (Å²) in [6, 6.07) is 6.15. The molecule has 2 aromatic rings. The molecule has 0 aliphatic carbocycles. The topological polar surface area (TPSA) is 109 Å². The molecule has 110 valence electrons. The van der Waals surface area contributed by atoms with Crippen molar-refractivity contribution in [1.29, 1.82) is 0 Å². The molecule has 1 amide bonds. The van der Waals surface area contributed by atoms with Gasteiger partial charge in [0.25, 0.3) is 11.5 Å². The summed E-state index contributed by atoms with van der Waals surface area (Å²) in [5.74, 6) is -0.585. The molecule has 0 saturated heterocycles. The Kier molecular flexibility index (Phi) is 4.37. The summed E-state index contributed by atoms with van der Waals surface area (Å²) >= 11 is 0. The third-order valence-corrected chi connectivity index (χ3v) is 3.14. The van der Waals surface area contributed by atoms with Crippen LogP contribution < -0.4 is 11.3 Å². The first-order chi connectivity index (χ1) is 10.0. The number of benzene rings is 1. The van der Waals surface area contributed by atoms with Gasteiger partial charge >= 0.3 is 0 Å². The Morgan fingerprint density at radius 1 is 1.33 bits per heavy atom. The summed E-state index contributed by atoms with van der Waals surface area (Å²) in [5, 5.41) is 9.29. The lowest BCUT2D eigenvalue weighted by Gasteiger charge is -2.08. The van der Waals surface area contributed by atoms with E-state index in [0.717, 1.165) is 12.8 Å². The largest absolute Gasteiger partial charge is 0.508 e. The van der Waals surface area contributed by atoms with Crippen molar-refractivity contribution < 1.29 is 9.90 Å². The third kappa shape index (κ3) is 3.28. The molecule has 1 aromatic carbocycles. The molecule has 1 aromatic heterocycles. The van der Waals surface area contributed by atoms with E-state index < -0.39 is 11.5 Å². The highest BCUT2D eigenvalue weighted by Gasteiger charge is 2.15. The number of nitrogens with zero attached hydrogens (tertiary/aromatic N) is 1. The molecule has 0 aliphatic rings. The number of hydrogen-bond donors (Lipinski definition) is 3. The Labute approximate surface area is 121 Å². The van der Waals surface area contributed by atoms with Crippen molar-refractivity contribution in [2.24, 2.45) is 5.73 Å². The molecule has 6 nitrogen and oxygen atoms in total. The number of amides is 1. The van der Waals surface area contributed by atoms with Crippen molar-refractivity contribution in [1.82, 2.24) is 9.97 Å². The number of aromatic nitrogens is 2. The van der Waals surface area contributed by atoms with Crippen molar-refractivity contribution in [3.05, 3.63) is 46.0 Å². The second kappa shape index (κ2) is 6.21. The lowest BCUT2D eigenvalue weighted by atomic mass is 10.1. The van der Waals surface area contributed by atoms with Crippen molar-refractivity contribution >= 4 is 5.91 Å². The maximum absolute atomic E-state index is 12.1. The number of rotatable bonds is 5. The molecule has 0 saturated carbocycles. The summed E-state index contributed by atoms with van der Waals surface area (Å²) in [6.45, 7) is 2.02. The molecular formula is C15H17N3O3. The molecule has 0 aliphatic heterocycles. The number of nitrogens with one attached hydrogen (secondary N) is 1. The Morgan fingerprint density at radius 3 is 2.57 bits per heavy atom. The fourth-order valence-corrected chi connectivity index (χ4v) is 2.03. The van der Waals surface area contributed by atoms with E-state index in [1.165, 1.54) is 12.1 Å². The number of phenols is 1. The Hall–Kier alpha value is -2.63. The number of hydrogen-bond acceptors (Lipinski definition) is 4. The molecule has 0 unspecified atom stereocenters. The minimum absolute atomic E-state index is 0.0657. The van der Waals surface area contributed by atoms with Crippen LogP contribution in [0.3, 0.4) is 0 Å². The van der Waals surface area contributed by atoms with Crippen LogP contribution >= 0.6 is 0 Å². The second-order valence-corrected chi connectivity index (χ2v) is 4.75. The van der Waals surface area contributed by atoms with Crippen LogP contribution in [0.4, 0.5) is 0 Å². The molecule has 2 rings (SSSR count). The number of unbranched alkanes of at least 4 members (excludes halogenated alkanes) is 1. The van der Waals surface area contributed by atoms with E-state index >= 15 is 0 Å². The molecule has 6 heteroatoms. The standard InChI is InChI=1S/C15H17N3O3/c1-2-3-4-11-13(14(16)20)18-15(21)12(17-11)9-5-7-10(19)8-6-9/h5-8,19H,2-4H2,1H3,(H2,16,20)(H,18,21). The van der Waals surface area contributed by atoms with Crippen LogP contribution in [-0.4, -0.2) is 21.0 Å². The number of carbonyl (C=O) groups is 1. The number of aryl methyl sites for hydroxylation is 1. The van der Waals surface area contributed by atoms with E-state index in [-0.39, 0.29) is 17.1 Å². The summed E-state index contributed by atoms with van der Waals surface area (Å²) in [6.07, 6.45) is 2.35. The lowest BCUT2D eigenvalue weighted by Crippen LogP contribution is -2.24. The first kappa shape index (κ1) is 14.8. The third-order valence-electron chi connectivity index (χ3n) is 3.14. The quantitative estimate of drug-likeness (QED) is 0.775. The lowest BCUT2D eigenvalue weighted by molar-refractivity contribution is 0.0994. The van der Waals surface area contributed by atoms with Crippen LogP contribution in [0.5, 0.6) is 5.75 Å². The van der Waals surface area contributed by atoms with E-state index in [0.29, 0.717) is 17.7 Å². The number of H-pyrrole nitrogens is 1. The molecule has 0 radical (unpaired) electrons. The molecule has 1 heterocycles. The number of phenolic OH excluding ortho intramolecular Hbond substituents is 1. The monoisotopic (exact) mass is 287 g/mol. The SMILES string of the molecule is CCCCc1nc(-c2ccc(O)cc2)c(=O)[nH]c1C(N)=O. The van der Waals surface area contributed by atoms with Gasteiger partial charge in [-0.15, -0.1) is 0 Å².